The molecular weight excluding hydrogens is 354 g/mol. The van der Waals surface area contributed by atoms with Crippen molar-refractivity contribution in [2.75, 3.05) is 13.2 Å². The summed E-state index contributed by atoms with van der Waals surface area (Å²) in [5.74, 6) is 2.56. The van der Waals surface area contributed by atoms with E-state index >= 15 is 0 Å². The highest BCUT2D eigenvalue weighted by atomic mass is 16.6. The summed E-state index contributed by atoms with van der Waals surface area (Å²) < 4.78 is 11.3. The number of nitrogens with zero attached hydrogens (tertiary/aromatic N) is 1. The Kier molecular flexibility index (Phi) is 7.76. The van der Waals surface area contributed by atoms with Crippen LogP contribution in [0.15, 0.2) is 30.6 Å². The molecule has 1 aromatic carbocycles. The summed E-state index contributed by atoms with van der Waals surface area (Å²) in [6.45, 7) is 3.35. The van der Waals surface area contributed by atoms with Crippen LogP contribution in [0.1, 0.15) is 56.8 Å². The lowest BCUT2D eigenvalue weighted by Gasteiger charge is -2.21. The minimum atomic E-state index is -0.0168. The molecule has 2 N–H and O–H groups in total. The number of imidazole rings is 1. The van der Waals surface area contributed by atoms with Crippen molar-refractivity contribution in [3.8, 4) is 11.5 Å². The van der Waals surface area contributed by atoms with Gasteiger partial charge in [-0.2, -0.15) is 0 Å². The highest BCUT2D eigenvalue weighted by Gasteiger charge is 2.17. The van der Waals surface area contributed by atoms with Crippen molar-refractivity contribution < 1.29 is 14.3 Å². The van der Waals surface area contributed by atoms with Gasteiger partial charge in [-0.1, -0.05) is 38.7 Å². The van der Waals surface area contributed by atoms with Crippen molar-refractivity contribution in [2.24, 2.45) is 0 Å². The number of hydrogen-bond acceptors (Lipinski definition) is 4. The molecule has 2 heterocycles. The van der Waals surface area contributed by atoms with Crippen molar-refractivity contribution in [1.82, 2.24) is 15.3 Å². The smallest absolute Gasteiger partial charge is 0.220 e. The molecule has 0 saturated heterocycles. The number of unbranched alkanes of at least 4 members (excludes halogenated alkanes) is 4. The Bertz CT molecular complexity index is 731. The number of hydrogen-bond donors (Lipinski definition) is 2. The SMILES string of the molecule is CCCCCCCC(=O)N[C@@H](Cc1ccc2c(c1)OCCO2)Cc1ncc[nH]1. The van der Waals surface area contributed by atoms with E-state index in [0.29, 0.717) is 26.1 Å². The predicted molar refractivity (Wildman–Crippen MR) is 109 cm³/mol. The van der Waals surface area contributed by atoms with Crippen LogP contribution in [-0.2, 0) is 17.6 Å². The summed E-state index contributed by atoms with van der Waals surface area (Å²) in [6.07, 6.45) is 11.3. The van der Waals surface area contributed by atoms with Crippen LogP contribution in [0.25, 0.3) is 0 Å². The zero-order valence-corrected chi connectivity index (χ0v) is 16.7. The van der Waals surface area contributed by atoms with Gasteiger partial charge in [0.1, 0.15) is 19.0 Å². The van der Waals surface area contributed by atoms with E-state index in [1.165, 1.54) is 19.3 Å². The molecule has 1 aliphatic heterocycles. The molecule has 6 heteroatoms. The Morgan fingerprint density at radius 3 is 2.75 bits per heavy atom. The molecule has 6 nitrogen and oxygen atoms in total. The van der Waals surface area contributed by atoms with Crippen molar-refractivity contribution in [2.45, 2.75) is 64.3 Å². The van der Waals surface area contributed by atoms with Gasteiger partial charge in [-0.15, -0.1) is 0 Å². The quantitative estimate of drug-likeness (QED) is 0.577. The fourth-order valence-electron chi connectivity index (χ4n) is 3.51. The van der Waals surface area contributed by atoms with Crippen LogP contribution in [-0.4, -0.2) is 35.1 Å². The van der Waals surface area contributed by atoms with Gasteiger partial charge < -0.3 is 19.8 Å². The van der Waals surface area contributed by atoms with E-state index in [4.69, 9.17) is 9.47 Å². The molecule has 2 aromatic rings. The molecule has 0 fully saturated rings. The van der Waals surface area contributed by atoms with Gasteiger partial charge >= 0.3 is 0 Å². The molecule has 1 aromatic heterocycles. The number of H-pyrrole nitrogens is 1. The maximum atomic E-state index is 12.5. The number of carbonyl (C=O) groups is 1. The summed E-state index contributed by atoms with van der Waals surface area (Å²) in [5.41, 5.74) is 1.11. The number of benzene rings is 1. The Balaban J connectivity index is 1.58. The zero-order valence-electron chi connectivity index (χ0n) is 16.7. The molecule has 152 valence electrons. The van der Waals surface area contributed by atoms with Crippen LogP contribution < -0.4 is 14.8 Å². The first-order valence-corrected chi connectivity index (χ1v) is 10.4. The number of ether oxygens (including phenoxy) is 2. The van der Waals surface area contributed by atoms with Crippen LogP contribution in [0.5, 0.6) is 11.5 Å². The monoisotopic (exact) mass is 385 g/mol. The van der Waals surface area contributed by atoms with E-state index in [1.54, 1.807) is 6.20 Å². The first-order chi connectivity index (χ1) is 13.7. The van der Waals surface area contributed by atoms with Gasteiger partial charge in [-0.05, 0) is 30.5 Å². The van der Waals surface area contributed by atoms with Crippen LogP contribution in [0, 0.1) is 0 Å². The van der Waals surface area contributed by atoms with Crippen LogP contribution in [0.3, 0.4) is 0 Å². The van der Waals surface area contributed by atoms with Crippen molar-refractivity contribution >= 4 is 5.91 Å². The Morgan fingerprint density at radius 2 is 1.96 bits per heavy atom. The number of aromatic amines is 1. The Morgan fingerprint density at radius 1 is 1.14 bits per heavy atom. The molecule has 1 atom stereocenters. The molecule has 3 rings (SSSR count). The van der Waals surface area contributed by atoms with Crippen LogP contribution in [0.2, 0.25) is 0 Å². The summed E-state index contributed by atoms with van der Waals surface area (Å²) >= 11 is 0. The van der Waals surface area contributed by atoms with E-state index in [9.17, 15) is 4.79 Å². The van der Waals surface area contributed by atoms with Gasteiger partial charge in [0.15, 0.2) is 11.5 Å². The second-order valence-electron chi connectivity index (χ2n) is 7.35. The third-order valence-electron chi connectivity index (χ3n) is 4.96. The second kappa shape index (κ2) is 10.7. The third kappa shape index (κ3) is 6.29. The van der Waals surface area contributed by atoms with E-state index in [1.807, 2.05) is 24.4 Å². The van der Waals surface area contributed by atoms with E-state index in [2.05, 4.69) is 22.2 Å². The summed E-state index contributed by atoms with van der Waals surface area (Å²) in [7, 11) is 0. The molecule has 28 heavy (non-hydrogen) atoms. The van der Waals surface area contributed by atoms with Gasteiger partial charge in [-0.25, -0.2) is 4.98 Å². The average Bonchev–Trinajstić information content (AvgIpc) is 3.20. The molecule has 0 saturated carbocycles. The number of nitrogens with one attached hydrogen (secondary N) is 2. The van der Waals surface area contributed by atoms with Crippen LogP contribution in [0.4, 0.5) is 0 Å². The van der Waals surface area contributed by atoms with Crippen molar-refractivity contribution in [3.63, 3.8) is 0 Å². The molecule has 0 unspecified atom stereocenters. The molecule has 0 bridgehead atoms. The lowest BCUT2D eigenvalue weighted by atomic mass is 10.0. The number of fused-ring (bicyclic) bond motifs is 1. The highest BCUT2D eigenvalue weighted by molar-refractivity contribution is 5.76. The normalized spacial score (nSPS) is 13.9. The number of rotatable bonds is 11. The summed E-state index contributed by atoms with van der Waals surface area (Å²) in [5, 5.41) is 3.20. The first-order valence-electron chi connectivity index (χ1n) is 10.4. The number of aromatic nitrogens is 2. The molecule has 1 aliphatic rings. The Labute approximate surface area is 167 Å². The maximum absolute atomic E-state index is 12.5. The van der Waals surface area contributed by atoms with Gasteiger partial charge in [0.25, 0.3) is 0 Å². The summed E-state index contributed by atoms with van der Waals surface area (Å²) in [4.78, 5) is 19.9. The molecule has 0 aliphatic carbocycles. The van der Waals surface area contributed by atoms with E-state index in [-0.39, 0.29) is 11.9 Å². The lowest BCUT2D eigenvalue weighted by Crippen LogP contribution is -2.38. The fraction of sp³-hybridized carbons (Fsp3) is 0.545. The van der Waals surface area contributed by atoms with Gasteiger partial charge in [-0.3, -0.25) is 4.79 Å². The van der Waals surface area contributed by atoms with Gasteiger partial charge in [0.05, 0.1) is 0 Å². The minimum Gasteiger partial charge on any atom is -0.486 e. The third-order valence-corrected chi connectivity index (χ3v) is 4.96. The van der Waals surface area contributed by atoms with Crippen LogP contribution >= 0.6 is 0 Å². The molecule has 0 radical (unpaired) electrons. The van der Waals surface area contributed by atoms with Crippen molar-refractivity contribution in [3.05, 3.63) is 42.0 Å². The first kappa shape index (κ1) is 20.2. The summed E-state index contributed by atoms with van der Waals surface area (Å²) in [6, 6.07) is 5.99. The fourth-order valence-corrected chi connectivity index (χ4v) is 3.51. The molecule has 0 spiro atoms. The number of amides is 1. The molecular formula is C22H31N3O3. The molecule has 1 amide bonds. The van der Waals surface area contributed by atoms with E-state index in [0.717, 1.165) is 42.1 Å². The standard InChI is InChI=1S/C22H31N3O3/c1-2-3-4-5-6-7-22(26)25-18(16-21-23-10-11-24-21)14-17-8-9-19-20(15-17)28-13-12-27-19/h8-11,15,18H,2-7,12-14,16H2,1H3,(H,23,24)(H,25,26)/t18-/m0/s1. The van der Waals surface area contributed by atoms with E-state index < -0.39 is 0 Å². The second-order valence-corrected chi connectivity index (χ2v) is 7.35. The highest BCUT2D eigenvalue weighted by Crippen LogP contribution is 2.31. The van der Waals surface area contributed by atoms with Crippen molar-refractivity contribution in [1.29, 1.82) is 0 Å². The predicted octanol–water partition coefficient (Wildman–Crippen LogP) is 3.81. The lowest BCUT2D eigenvalue weighted by molar-refractivity contribution is -0.121. The minimum absolute atomic E-state index is 0.0168. The average molecular weight is 386 g/mol. The Hall–Kier alpha value is -2.50. The van der Waals surface area contributed by atoms with Gasteiger partial charge in [0.2, 0.25) is 5.91 Å². The van der Waals surface area contributed by atoms with Gasteiger partial charge in [0, 0.05) is 31.3 Å². The topological polar surface area (TPSA) is 76.2 Å². The maximum Gasteiger partial charge on any atom is 0.220 e. The number of carbonyl (C=O) groups excluding carboxylic acids is 1. The zero-order chi connectivity index (χ0) is 19.6. The largest absolute Gasteiger partial charge is 0.486 e.